The van der Waals surface area contributed by atoms with E-state index in [9.17, 15) is 4.79 Å². The Hall–Kier alpha value is -3.76. The maximum absolute atomic E-state index is 11.1. The van der Waals surface area contributed by atoms with Gasteiger partial charge in [-0.15, -0.1) is 0 Å². The molecule has 0 bridgehead atoms. The SMILES string of the molecule is N#Cc1ccc2[nH]cc(CCNCCOc3cccc4cc(C(=O)O)oc34)c2c1. The van der Waals surface area contributed by atoms with E-state index in [1.54, 1.807) is 24.3 Å². The van der Waals surface area contributed by atoms with Gasteiger partial charge in [-0.3, -0.25) is 0 Å². The number of para-hydroxylation sites is 1. The second-order valence-electron chi connectivity index (χ2n) is 6.62. The van der Waals surface area contributed by atoms with E-state index >= 15 is 0 Å². The zero-order valence-corrected chi connectivity index (χ0v) is 15.6. The Morgan fingerprint density at radius 3 is 2.97 bits per heavy atom. The van der Waals surface area contributed by atoms with Gasteiger partial charge >= 0.3 is 5.97 Å². The van der Waals surface area contributed by atoms with E-state index in [2.05, 4.69) is 16.4 Å². The summed E-state index contributed by atoms with van der Waals surface area (Å²) >= 11 is 0. The number of furan rings is 1. The zero-order valence-electron chi connectivity index (χ0n) is 15.6. The normalized spacial score (nSPS) is 11.0. The van der Waals surface area contributed by atoms with E-state index in [4.69, 9.17) is 19.5 Å². The van der Waals surface area contributed by atoms with Gasteiger partial charge in [-0.2, -0.15) is 5.26 Å². The van der Waals surface area contributed by atoms with Crippen LogP contribution in [-0.4, -0.2) is 35.8 Å². The summed E-state index contributed by atoms with van der Waals surface area (Å²) in [7, 11) is 0. The maximum Gasteiger partial charge on any atom is 0.371 e. The number of rotatable bonds is 8. The number of carboxylic acids is 1. The van der Waals surface area contributed by atoms with Crippen molar-refractivity contribution in [2.24, 2.45) is 0 Å². The quantitative estimate of drug-likeness (QED) is 0.396. The summed E-state index contributed by atoms with van der Waals surface area (Å²) in [4.78, 5) is 14.3. The van der Waals surface area contributed by atoms with Gasteiger partial charge in [0, 0.05) is 29.0 Å². The number of carbonyl (C=O) groups is 1. The Morgan fingerprint density at radius 1 is 1.24 bits per heavy atom. The summed E-state index contributed by atoms with van der Waals surface area (Å²) in [6.45, 7) is 1.82. The first-order chi connectivity index (χ1) is 14.2. The molecule has 146 valence electrons. The van der Waals surface area contributed by atoms with Gasteiger partial charge in [0.15, 0.2) is 11.3 Å². The third-order valence-electron chi connectivity index (χ3n) is 4.72. The highest BCUT2D eigenvalue weighted by molar-refractivity contribution is 5.93. The largest absolute Gasteiger partial charge is 0.488 e. The van der Waals surface area contributed by atoms with E-state index in [1.807, 2.05) is 18.3 Å². The topological polar surface area (TPSA) is 111 Å². The fraction of sp³-hybridized carbons (Fsp3) is 0.182. The van der Waals surface area contributed by atoms with E-state index in [0.717, 1.165) is 29.4 Å². The minimum Gasteiger partial charge on any atom is -0.488 e. The lowest BCUT2D eigenvalue weighted by molar-refractivity contribution is 0.0665. The average Bonchev–Trinajstić information content (AvgIpc) is 3.35. The van der Waals surface area contributed by atoms with Gasteiger partial charge in [0.2, 0.25) is 5.76 Å². The standard InChI is InChI=1S/C22H19N3O4/c23-12-14-4-5-18-17(10-14)16(13-25-18)6-7-24-8-9-28-19-3-1-2-15-11-20(22(26)27)29-21(15)19/h1-5,10-11,13,24-25H,6-9H2,(H,26,27). The molecule has 0 aliphatic heterocycles. The number of nitrogens with one attached hydrogen (secondary N) is 2. The van der Waals surface area contributed by atoms with Crippen LogP contribution in [0.4, 0.5) is 0 Å². The van der Waals surface area contributed by atoms with Crippen LogP contribution in [0.1, 0.15) is 21.7 Å². The van der Waals surface area contributed by atoms with E-state index in [0.29, 0.717) is 35.4 Å². The summed E-state index contributed by atoms with van der Waals surface area (Å²) in [6.07, 6.45) is 2.80. The fourth-order valence-electron chi connectivity index (χ4n) is 3.29. The Bertz CT molecular complexity index is 1220. The second-order valence-corrected chi connectivity index (χ2v) is 6.62. The Labute approximate surface area is 166 Å². The molecule has 0 aliphatic rings. The first-order valence-electron chi connectivity index (χ1n) is 9.25. The Balaban J connectivity index is 1.29. The molecule has 2 heterocycles. The number of aromatic amines is 1. The third kappa shape index (κ3) is 3.93. The van der Waals surface area contributed by atoms with Crippen LogP contribution < -0.4 is 10.1 Å². The van der Waals surface area contributed by atoms with Crippen molar-refractivity contribution in [1.29, 1.82) is 5.26 Å². The summed E-state index contributed by atoms with van der Waals surface area (Å²) in [6, 6.07) is 14.6. The van der Waals surface area contributed by atoms with Crippen molar-refractivity contribution in [3.05, 3.63) is 65.5 Å². The molecule has 0 amide bonds. The molecule has 0 radical (unpaired) electrons. The van der Waals surface area contributed by atoms with Gasteiger partial charge < -0.3 is 24.6 Å². The van der Waals surface area contributed by atoms with Crippen molar-refractivity contribution < 1.29 is 19.1 Å². The first-order valence-corrected chi connectivity index (χ1v) is 9.25. The number of benzene rings is 2. The van der Waals surface area contributed by atoms with Crippen LogP contribution in [-0.2, 0) is 6.42 Å². The molecule has 0 saturated carbocycles. The Morgan fingerprint density at radius 2 is 2.14 bits per heavy atom. The van der Waals surface area contributed by atoms with Gasteiger partial charge in [-0.25, -0.2) is 4.79 Å². The molecule has 7 heteroatoms. The van der Waals surface area contributed by atoms with E-state index in [1.165, 1.54) is 6.07 Å². The number of nitrogens with zero attached hydrogens (tertiary/aromatic N) is 1. The number of nitriles is 1. The van der Waals surface area contributed by atoms with Crippen LogP contribution in [0.2, 0.25) is 0 Å². The van der Waals surface area contributed by atoms with Crippen molar-refractivity contribution in [2.75, 3.05) is 19.7 Å². The second kappa shape index (κ2) is 8.09. The van der Waals surface area contributed by atoms with E-state index < -0.39 is 5.97 Å². The van der Waals surface area contributed by atoms with Gasteiger partial charge in [0.05, 0.1) is 11.6 Å². The summed E-state index contributed by atoms with van der Waals surface area (Å²) in [5.74, 6) is -0.682. The molecule has 0 atom stereocenters. The molecule has 0 fully saturated rings. The molecule has 2 aromatic carbocycles. The first kappa shape index (κ1) is 18.6. The number of hydrogen-bond donors (Lipinski definition) is 3. The van der Waals surface area contributed by atoms with E-state index in [-0.39, 0.29) is 5.76 Å². The number of aromatic nitrogens is 1. The molecule has 0 unspecified atom stereocenters. The van der Waals surface area contributed by atoms with Crippen LogP contribution in [0.25, 0.3) is 21.9 Å². The monoisotopic (exact) mass is 389 g/mol. The molecular weight excluding hydrogens is 370 g/mol. The smallest absolute Gasteiger partial charge is 0.371 e. The molecule has 0 saturated heterocycles. The highest BCUT2D eigenvalue weighted by atomic mass is 16.5. The van der Waals surface area contributed by atoms with Crippen molar-refractivity contribution in [1.82, 2.24) is 10.3 Å². The lowest BCUT2D eigenvalue weighted by Crippen LogP contribution is -2.23. The van der Waals surface area contributed by atoms with Gasteiger partial charge in [0.1, 0.15) is 6.61 Å². The van der Waals surface area contributed by atoms with Crippen molar-refractivity contribution in [3.8, 4) is 11.8 Å². The lowest BCUT2D eigenvalue weighted by atomic mass is 10.1. The molecule has 0 aliphatic carbocycles. The van der Waals surface area contributed by atoms with Crippen LogP contribution in [0.15, 0.2) is 53.1 Å². The van der Waals surface area contributed by atoms with Crippen LogP contribution in [0.3, 0.4) is 0 Å². The lowest BCUT2D eigenvalue weighted by Gasteiger charge is -2.08. The summed E-state index contributed by atoms with van der Waals surface area (Å²) in [5.41, 5.74) is 3.27. The molecule has 29 heavy (non-hydrogen) atoms. The van der Waals surface area contributed by atoms with Crippen LogP contribution >= 0.6 is 0 Å². The predicted molar refractivity (Wildman–Crippen MR) is 108 cm³/mol. The zero-order chi connectivity index (χ0) is 20.2. The Kier molecular flexibility index (Phi) is 5.18. The van der Waals surface area contributed by atoms with Crippen LogP contribution in [0, 0.1) is 11.3 Å². The van der Waals surface area contributed by atoms with Gasteiger partial charge in [0.25, 0.3) is 0 Å². The molecule has 0 spiro atoms. The van der Waals surface area contributed by atoms with Crippen molar-refractivity contribution in [2.45, 2.75) is 6.42 Å². The minimum absolute atomic E-state index is 0.104. The van der Waals surface area contributed by atoms with Crippen molar-refractivity contribution >= 4 is 27.8 Å². The van der Waals surface area contributed by atoms with Gasteiger partial charge in [-0.1, -0.05) is 12.1 Å². The molecule has 3 N–H and O–H groups in total. The number of hydrogen-bond acceptors (Lipinski definition) is 5. The van der Waals surface area contributed by atoms with Gasteiger partial charge in [-0.05, 0) is 48.9 Å². The maximum atomic E-state index is 11.1. The number of aromatic carboxylic acids is 1. The van der Waals surface area contributed by atoms with Crippen molar-refractivity contribution in [3.63, 3.8) is 0 Å². The van der Waals surface area contributed by atoms with Crippen LogP contribution in [0.5, 0.6) is 5.75 Å². The highest BCUT2D eigenvalue weighted by Crippen LogP contribution is 2.28. The number of ether oxygens (including phenoxy) is 1. The number of fused-ring (bicyclic) bond motifs is 2. The molecule has 2 aromatic heterocycles. The molecular formula is C22H19N3O4. The summed E-state index contributed by atoms with van der Waals surface area (Å²) < 4.78 is 11.1. The highest BCUT2D eigenvalue weighted by Gasteiger charge is 2.13. The minimum atomic E-state index is -1.10. The number of H-pyrrole nitrogens is 1. The summed E-state index contributed by atoms with van der Waals surface area (Å²) in [5, 5.41) is 23.2. The molecule has 4 rings (SSSR count). The fourth-order valence-corrected chi connectivity index (χ4v) is 3.29. The molecule has 7 nitrogen and oxygen atoms in total. The predicted octanol–water partition coefficient (Wildman–Crippen LogP) is 3.70. The molecule has 4 aromatic rings. The average molecular weight is 389 g/mol. The number of carboxylic acid groups (broad SMARTS) is 1. The third-order valence-corrected chi connectivity index (χ3v) is 4.72.